The number of hydrogen-bond donors (Lipinski definition) is 2. The maximum Gasteiger partial charge on any atom is 0.253 e. The molecule has 0 unspecified atom stereocenters. The summed E-state index contributed by atoms with van der Waals surface area (Å²) in [6, 6.07) is 11.8. The Balaban J connectivity index is 2.24. The van der Waals surface area contributed by atoms with Crippen LogP contribution in [-0.2, 0) is 0 Å². The number of nitrogens with zero attached hydrogens (tertiary/aromatic N) is 1. The molecule has 0 bridgehead atoms. The third-order valence-electron chi connectivity index (χ3n) is 4.23. The molecule has 0 aliphatic rings. The SMILES string of the molecule is CCC(CC)(CN)NC(=O)c1cncc(-c2ccccc2)c1. The summed E-state index contributed by atoms with van der Waals surface area (Å²) >= 11 is 0. The molecule has 0 spiro atoms. The van der Waals surface area contributed by atoms with Crippen molar-refractivity contribution in [1.82, 2.24) is 10.3 Å². The standard InChI is InChI=1S/C18H23N3O/c1-3-18(4-2,13-19)21-17(22)16-10-15(11-20-12-16)14-8-6-5-7-9-14/h5-12H,3-4,13,19H2,1-2H3,(H,21,22). The van der Waals surface area contributed by atoms with Gasteiger partial charge in [0.2, 0.25) is 0 Å². The lowest BCUT2D eigenvalue weighted by atomic mass is 9.92. The molecule has 2 aromatic rings. The van der Waals surface area contributed by atoms with Gasteiger partial charge >= 0.3 is 0 Å². The first-order valence-electron chi connectivity index (χ1n) is 7.67. The van der Waals surface area contributed by atoms with E-state index in [4.69, 9.17) is 5.73 Å². The molecule has 1 aromatic carbocycles. The molecule has 22 heavy (non-hydrogen) atoms. The Bertz CT molecular complexity index is 613. The van der Waals surface area contributed by atoms with Gasteiger partial charge in [0, 0.05) is 24.5 Å². The van der Waals surface area contributed by atoms with Crippen molar-refractivity contribution in [3.8, 4) is 11.1 Å². The zero-order chi connectivity index (χ0) is 16.0. The van der Waals surface area contributed by atoms with Crippen LogP contribution in [0.3, 0.4) is 0 Å². The molecule has 1 amide bonds. The summed E-state index contributed by atoms with van der Waals surface area (Å²) in [5.41, 5.74) is 8.03. The van der Waals surface area contributed by atoms with Gasteiger partial charge in [0.25, 0.3) is 5.91 Å². The average Bonchev–Trinajstić information content (AvgIpc) is 2.60. The predicted molar refractivity (Wildman–Crippen MR) is 89.5 cm³/mol. The largest absolute Gasteiger partial charge is 0.345 e. The quantitative estimate of drug-likeness (QED) is 0.861. The lowest BCUT2D eigenvalue weighted by Gasteiger charge is -2.31. The van der Waals surface area contributed by atoms with Crippen molar-refractivity contribution in [3.63, 3.8) is 0 Å². The molecule has 1 aromatic heterocycles. The summed E-state index contributed by atoms with van der Waals surface area (Å²) in [5, 5.41) is 3.07. The van der Waals surface area contributed by atoms with Gasteiger partial charge in [0.15, 0.2) is 0 Å². The van der Waals surface area contributed by atoms with E-state index in [0.29, 0.717) is 12.1 Å². The van der Waals surface area contributed by atoms with E-state index in [9.17, 15) is 4.79 Å². The second-order valence-corrected chi connectivity index (χ2v) is 5.47. The van der Waals surface area contributed by atoms with Gasteiger partial charge in [-0.25, -0.2) is 0 Å². The van der Waals surface area contributed by atoms with Gasteiger partial charge in [-0.05, 0) is 24.5 Å². The lowest BCUT2D eigenvalue weighted by Crippen LogP contribution is -2.52. The molecule has 0 aliphatic carbocycles. The van der Waals surface area contributed by atoms with Gasteiger partial charge in [-0.1, -0.05) is 44.2 Å². The van der Waals surface area contributed by atoms with Crippen molar-refractivity contribution >= 4 is 5.91 Å². The van der Waals surface area contributed by atoms with Crippen molar-refractivity contribution in [2.75, 3.05) is 6.54 Å². The third kappa shape index (κ3) is 3.52. The van der Waals surface area contributed by atoms with E-state index in [1.54, 1.807) is 12.4 Å². The average molecular weight is 297 g/mol. The minimum absolute atomic E-state index is 0.126. The van der Waals surface area contributed by atoms with Crippen LogP contribution in [-0.4, -0.2) is 23.0 Å². The Labute approximate surface area is 131 Å². The summed E-state index contributed by atoms with van der Waals surface area (Å²) in [5.74, 6) is -0.126. The van der Waals surface area contributed by atoms with Crippen LogP contribution in [0.15, 0.2) is 48.8 Å². The van der Waals surface area contributed by atoms with Crippen molar-refractivity contribution < 1.29 is 4.79 Å². The molecule has 4 heteroatoms. The summed E-state index contributed by atoms with van der Waals surface area (Å²) < 4.78 is 0. The first kappa shape index (κ1) is 16.2. The highest BCUT2D eigenvalue weighted by Gasteiger charge is 2.26. The number of nitrogens with one attached hydrogen (secondary N) is 1. The molecular weight excluding hydrogens is 274 g/mol. The highest BCUT2D eigenvalue weighted by atomic mass is 16.1. The number of aromatic nitrogens is 1. The predicted octanol–water partition coefficient (Wildman–Crippen LogP) is 3.00. The molecule has 0 atom stereocenters. The molecule has 116 valence electrons. The topological polar surface area (TPSA) is 68.0 Å². The minimum atomic E-state index is -0.347. The van der Waals surface area contributed by atoms with Crippen molar-refractivity contribution in [1.29, 1.82) is 0 Å². The van der Waals surface area contributed by atoms with E-state index in [-0.39, 0.29) is 11.4 Å². The van der Waals surface area contributed by atoms with Crippen molar-refractivity contribution in [3.05, 3.63) is 54.4 Å². The number of carbonyl (C=O) groups is 1. The summed E-state index contributed by atoms with van der Waals surface area (Å²) in [7, 11) is 0. The molecular formula is C18H23N3O. The van der Waals surface area contributed by atoms with E-state index in [1.165, 1.54) is 0 Å². The smallest absolute Gasteiger partial charge is 0.253 e. The number of nitrogens with two attached hydrogens (primary N) is 1. The summed E-state index contributed by atoms with van der Waals surface area (Å²) in [6.45, 7) is 4.50. The molecule has 2 rings (SSSR count). The summed E-state index contributed by atoms with van der Waals surface area (Å²) in [4.78, 5) is 16.7. The molecule has 0 radical (unpaired) electrons. The fraction of sp³-hybridized carbons (Fsp3) is 0.333. The van der Waals surface area contributed by atoms with E-state index < -0.39 is 0 Å². The fourth-order valence-electron chi connectivity index (χ4n) is 2.43. The number of benzene rings is 1. The second-order valence-electron chi connectivity index (χ2n) is 5.47. The van der Waals surface area contributed by atoms with Gasteiger partial charge in [0.1, 0.15) is 0 Å². The molecule has 0 aliphatic heterocycles. The Morgan fingerprint density at radius 1 is 1.14 bits per heavy atom. The lowest BCUT2D eigenvalue weighted by molar-refractivity contribution is 0.0895. The van der Waals surface area contributed by atoms with Crippen LogP contribution in [0.5, 0.6) is 0 Å². The van der Waals surface area contributed by atoms with Crippen LogP contribution in [0, 0.1) is 0 Å². The van der Waals surface area contributed by atoms with E-state index in [1.807, 2.05) is 50.2 Å². The second kappa shape index (κ2) is 7.18. The van der Waals surface area contributed by atoms with Crippen LogP contribution in [0.2, 0.25) is 0 Å². The van der Waals surface area contributed by atoms with E-state index in [0.717, 1.165) is 24.0 Å². The molecule has 1 heterocycles. The normalized spacial score (nSPS) is 11.2. The summed E-state index contributed by atoms with van der Waals surface area (Å²) in [6.07, 6.45) is 4.96. The van der Waals surface area contributed by atoms with E-state index in [2.05, 4.69) is 10.3 Å². The zero-order valence-corrected chi connectivity index (χ0v) is 13.2. The van der Waals surface area contributed by atoms with E-state index >= 15 is 0 Å². The Morgan fingerprint density at radius 3 is 2.41 bits per heavy atom. The van der Waals surface area contributed by atoms with Crippen LogP contribution < -0.4 is 11.1 Å². The highest BCUT2D eigenvalue weighted by molar-refractivity contribution is 5.95. The monoisotopic (exact) mass is 297 g/mol. The Kier molecular flexibility index (Phi) is 5.28. The van der Waals surface area contributed by atoms with Gasteiger partial charge in [-0.15, -0.1) is 0 Å². The van der Waals surface area contributed by atoms with Crippen molar-refractivity contribution in [2.24, 2.45) is 5.73 Å². The van der Waals surface area contributed by atoms with Crippen LogP contribution in [0.25, 0.3) is 11.1 Å². The third-order valence-corrected chi connectivity index (χ3v) is 4.23. The first-order chi connectivity index (χ1) is 10.6. The van der Waals surface area contributed by atoms with Crippen LogP contribution in [0.4, 0.5) is 0 Å². The fourth-order valence-corrected chi connectivity index (χ4v) is 2.43. The Hall–Kier alpha value is -2.20. The first-order valence-corrected chi connectivity index (χ1v) is 7.67. The molecule has 3 N–H and O–H groups in total. The van der Waals surface area contributed by atoms with Crippen LogP contribution >= 0.6 is 0 Å². The number of rotatable bonds is 6. The maximum absolute atomic E-state index is 12.5. The number of pyridine rings is 1. The maximum atomic E-state index is 12.5. The molecule has 0 fully saturated rings. The minimum Gasteiger partial charge on any atom is -0.345 e. The number of hydrogen-bond acceptors (Lipinski definition) is 3. The molecule has 0 saturated heterocycles. The molecule has 4 nitrogen and oxygen atoms in total. The number of amides is 1. The number of carbonyl (C=O) groups excluding carboxylic acids is 1. The highest BCUT2D eigenvalue weighted by Crippen LogP contribution is 2.20. The van der Waals surface area contributed by atoms with Crippen molar-refractivity contribution in [2.45, 2.75) is 32.2 Å². The van der Waals surface area contributed by atoms with Crippen LogP contribution in [0.1, 0.15) is 37.0 Å². The zero-order valence-electron chi connectivity index (χ0n) is 13.2. The van der Waals surface area contributed by atoms with Gasteiger partial charge in [0.05, 0.1) is 11.1 Å². The van der Waals surface area contributed by atoms with Gasteiger partial charge in [-0.3, -0.25) is 9.78 Å². The van der Waals surface area contributed by atoms with Gasteiger partial charge < -0.3 is 11.1 Å². The molecule has 0 saturated carbocycles. The Morgan fingerprint density at radius 2 is 1.82 bits per heavy atom. The van der Waals surface area contributed by atoms with Gasteiger partial charge in [-0.2, -0.15) is 0 Å².